The molecule has 1 atom stereocenters. The summed E-state index contributed by atoms with van der Waals surface area (Å²) < 4.78 is 0.774. The van der Waals surface area contributed by atoms with Gasteiger partial charge in [0.25, 0.3) is 5.91 Å². The zero-order valence-corrected chi connectivity index (χ0v) is 14.7. The molecule has 1 unspecified atom stereocenters. The second kappa shape index (κ2) is 7.13. The Labute approximate surface area is 145 Å². The summed E-state index contributed by atoms with van der Waals surface area (Å²) in [6, 6.07) is 11.2. The lowest BCUT2D eigenvalue weighted by molar-refractivity contribution is 0.102. The minimum Gasteiger partial charge on any atom is -0.370 e. The molecule has 1 saturated heterocycles. The lowest BCUT2D eigenvalue weighted by Gasteiger charge is -2.32. The quantitative estimate of drug-likeness (QED) is 0.870. The van der Waals surface area contributed by atoms with Gasteiger partial charge in [-0.05, 0) is 59.0 Å². The van der Waals surface area contributed by atoms with Crippen molar-refractivity contribution in [2.75, 3.05) is 23.3 Å². The molecule has 4 nitrogen and oxygen atoms in total. The second-order valence-corrected chi connectivity index (χ2v) is 6.88. The van der Waals surface area contributed by atoms with Gasteiger partial charge in [-0.15, -0.1) is 0 Å². The third-order valence-electron chi connectivity index (χ3n) is 4.13. The molecule has 5 heteroatoms. The highest BCUT2D eigenvalue weighted by atomic mass is 79.9. The van der Waals surface area contributed by atoms with Crippen LogP contribution in [0.2, 0.25) is 0 Å². The first kappa shape index (κ1) is 16.0. The van der Waals surface area contributed by atoms with Gasteiger partial charge in [-0.1, -0.05) is 19.1 Å². The van der Waals surface area contributed by atoms with Gasteiger partial charge in [0, 0.05) is 17.6 Å². The van der Waals surface area contributed by atoms with Gasteiger partial charge in [0.1, 0.15) is 5.82 Å². The fourth-order valence-corrected chi connectivity index (χ4v) is 3.36. The highest BCUT2D eigenvalue weighted by molar-refractivity contribution is 9.10. The monoisotopic (exact) mass is 373 g/mol. The standard InChI is InChI=1S/C18H20BrN3O/c1-13-5-4-10-22(12-13)14-8-9-17(20-11-14)21-18(23)15-6-2-3-7-16(15)19/h2-3,6-9,11,13H,4-5,10,12H2,1H3,(H,20,21,23). The molecule has 1 N–H and O–H groups in total. The Morgan fingerprint density at radius 2 is 2.13 bits per heavy atom. The van der Waals surface area contributed by atoms with Gasteiger partial charge in [-0.25, -0.2) is 4.98 Å². The smallest absolute Gasteiger partial charge is 0.257 e. The van der Waals surface area contributed by atoms with Gasteiger partial charge in [0.15, 0.2) is 0 Å². The van der Waals surface area contributed by atoms with Crippen molar-refractivity contribution in [1.82, 2.24) is 4.98 Å². The van der Waals surface area contributed by atoms with Crippen LogP contribution < -0.4 is 10.2 Å². The number of amides is 1. The highest BCUT2D eigenvalue weighted by Crippen LogP contribution is 2.23. The van der Waals surface area contributed by atoms with Crippen molar-refractivity contribution in [3.8, 4) is 0 Å². The van der Waals surface area contributed by atoms with Gasteiger partial charge >= 0.3 is 0 Å². The number of rotatable bonds is 3. The van der Waals surface area contributed by atoms with E-state index >= 15 is 0 Å². The molecule has 120 valence electrons. The van der Waals surface area contributed by atoms with Gasteiger partial charge in [-0.3, -0.25) is 4.79 Å². The number of halogens is 1. The van der Waals surface area contributed by atoms with Crippen LogP contribution in [-0.4, -0.2) is 24.0 Å². The largest absolute Gasteiger partial charge is 0.370 e. The molecular formula is C18H20BrN3O. The van der Waals surface area contributed by atoms with Crippen LogP contribution >= 0.6 is 15.9 Å². The number of carbonyl (C=O) groups is 1. The van der Waals surface area contributed by atoms with E-state index in [9.17, 15) is 4.79 Å². The van der Waals surface area contributed by atoms with Crippen LogP contribution in [0.1, 0.15) is 30.1 Å². The van der Waals surface area contributed by atoms with Gasteiger partial charge < -0.3 is 10.2 Å². The predicted octanol–water partition coefficient (Wildman–Crippen LogP) is 4.33. The molecule has 1 fully saturated rings. The molecule has 0 bridgehead atoms. The van der Waals surface area contributed by atoms with E-state index in [0.717, 1.165) is 29.2 Å². The number of hydrogen-bond acceptors (Lipinski definition) is 3. The van der Waals surface area contributed by atoms with Crippen LogP contribution in [-0.2, 0) is 0 Å². The Morgan fingerprint density at radius 3 is 2.83 bits per heavy atom. The topological polar surface area (TPSA) is 45.2 Å². The highest BCUT2D eigenvalue weighted by Gasteiger charge is 2.17. The maximum atomic E-state index is 12.3. The van der Waals surface area contributed by atoms with Crippen LogP contribution in [0, 0.1) is 5.92 Å². The van der Waals surface area contributed by atoms with E-state index in [1.54, 1.807) is 6.07 Å². The van der Waals surface area contributed by atoms with Crippen LogP contribution in [0.3, 0.4) is 0 Å². The van der Waals surface area contributed by atoms with Crippen molar-refractivity contribution >= 4 is 33.3 Å². The van der Waals surface area contributed by atoms with E-state index < -0.39 is 0 Å². The fourth-order valence-electron chi connectivity index (χ4n) is 2.90. The van der Waals surface area contributed by atoms with Gasteiger partial charge in [0.2, 0.25) is 0 Å². The van der Waals surface area contributed by atoms with Crippen molar-refractivity contribution in [3.05, 3.63) is 52.6 Å². The van der Waals surface area contributed by atoms with Crippen LogP contribution in [0.15, 0.2) is 47.1 Å². The van der Waals surface area contributed by atoms with Crippen molar-refractivity contribution in [3.63, 3.8) is 0 Å². The molecular weight excluding hydrogens is 354 g/mol. The van der Waals surface area contributed by atoms with Crippen LogP contribution in [0.25, 0.3) is 0 Å². The Bertz CT molecular complexity index is 687. The number of hydrogen-bond donors (Lipinski definition) is 1. The Kier molecular flexibility index (Phi) is 4.96. The molecule has 1 aromatic carbocycles. The van der Waals surface area contributed by atoms with E-state index in [-0.39, 0.29) is 5.91 Å². The lowest BCUT2D eigenvalue weighted by atomic mass is 10.00. The van der Waals surface area contributed by atoms with Crippen molar-refractivity contribution in [2.24, 2.45) is 5.92 Å². The lowest BCUT2D eigenvalue weighted by Crippen LogP contribution is -2.34. The maximum Gasteiger partial charge on any atom is 0.257 e. The third-order valence-corrected chi connectivity index (χ3v) is 4.82. The van der Waals surface area contributed by atoms with Crippen LogP contribution in [0.4, 0.5) is 11.5 Å². The summed E-state index contributed by atoms with van der Waals surface area (Å²) in [5.74, 6) is 1.13. The summed E-state index contributed by atoms with van der Waals surface area (Å²) in [6.07, 6.45) is 4.36. The molecule has 23 heavy (non-hydrogen) atoms. The van der Waals surface area contributed by atoms with E-state index in [4.69, 9.17) is 0 Å². The minimum absolute atomic E-state index is 0.163. The summed E-state index contributed by atoms with van der Waals surface area (Å²) in [5.41, 5.74) is 1.72. The first-order valence-electron chi connectivity index (χ1n) is 7.90. The van der Waals surface area contributed by atoms with Crippen molar-refractivity contribution < 1.29 is 4.79 Å². The summed E-state index contributed by atoms with van der Waals surface area (Å²) in [5, 5.41) is 2.84. The van der Waals surface area contributed by atoms with E-state index in [1.807, 2.05) is 36.5 Å². The number of anilines is 2. The first-order chi connectivity index (χ1) is 11.1. The number of benzene rings is 1. The minimum atomic E-state index is -0.163. The van der Waals surface area contributed by atoms with Crippen molar-refractivity contribution in [2.45, 2.75) is 19.8 Å². The molecule has 0 saturated carbocycles. The van der Waals surface area contributed by atoms with Gasteiger partial charge in [-0.2, -0.15) is 0 Å². The molecule has 0 aliphatic carbocycles. The normalized spacial score (nSPS) is 17.8. The molecule has 1 amide bonds. The number of nitrogens with zero attached hydrogens (tertiary/aromatic N) is 2. The molecule has 0 spiro atoms. The molecule has 1 aromatic heterocycles. The predicted molar refractivity (Wildman–Crippen MR) is 96.9 cm³/mol. The summed E-state index contributed by atoms with van der Waals surface area (Å²) >= 11 is 3.39. The maximum absolute atomic E-state index is 12.3. The van der Waals surface area contributed by atoms with Gasteiger partial charge in [0.05, 0.1) is 17.4 Å². The molecule has 2 aromatic rings. The molecule has 1 aliphatic rings. The number of carbonyl (C=O) groups excluding carboxylic acids is 1. The summed E-state index contributed by atoms with van der Waals surface area (Å²) in [7, 11) is 0. The van der Waals surface area contributed by atoms with E-state index in [0.29, 0.717) is 11.4 Å². The Hall–Kier alpha value is -1.88. The molecule has 0 radical (unpaired) electrons. The average molecular weight is 374 g/mol. The van der Waals surface area contributed by atoms with Crippen LogP contribution in [0.5, 0.6) is 0 Å². The number of aromatic nitrogens is 1. The average Bonchev–Trinajstić information content (AvgIpc) is 2.56. The molecule has 1 aliphatic heterocycles. The Morgan fingerprint density at radius 1 is 1.30 bits per heavy atom. The number of nitrogens with one attached hydrogen (secondary N) is 1. The number of pyridine rings is 1. The summed E-state index contributed by atoms with van der Waals surface area (Å²) in [6.45, 7) is 4.44. The van der Waals surface area contributed by atoms with E-state index in [2.05, 4.69) is 38.1 Å². The fraction of sp³-hybridized carbons (Fsp3) is 0.333. The molecule has 3 rings (SSSR count). The first-order valence-corrected chi connectivity index (χ1v) is 8.69. The molecule has 2 heterocycles. The zero-order valence-electron chi connectivity index (χ0n) is 13.1. The third kappa shape index (κ3) is 3.91. The number of piperidine rings is 1. The SMILES string of the molecule is CC1CCCN(c2ccc(NC(=O)c3ccccc3Br)nc2)C1. The summed E-state index contributed by atoms with van der Waals surface area (Å²) in [4.78, 5) is 19.0. The Balaban J connectivity index is 1.68. The zero-order chi connectivity index (χ0) is 16.2. The second-order valence-electron chi connectivity index (χ2n) is 6.03. The van der Waals surface area contributed by atoms with E-state index in [1.165, 1.54) is 12.8 Å². The van der Waals surface area contributed by atoms with Crippen molar-refractivity contribution in [1.29, 1.82) is 0 Å².